The number of hydrogen-bond acceptors (Lipinski definition) is 3. The fourth-order valence-electron chi connectivity index (χ4n) is 4.05. The summed E-state index contributed by atoms with van der Waals surface area (Å²) in [5.41, 5.74) is 2.25. The molecule has 2 aromatic carbocycles. The molecule has 0 saturated carbocycles. The van der Waals surface area contributed by atoms with Gasteiger partial charge in [0.15, 0.2) is 0 Å². The van der Waals surface area contributed by atoms with Gasteiger partial charge in [0.1, 0.15) is 5.82 Å². The molecule has 7 heteroatoms. The van der Waals surface area contributed by atoms with E-state index in [0.717, 1.165) is 36.2 Å². The number of amides is 2. The Labute approximate surface area is 180 Å². The Morgan fingerprint density at radius 2 is 1.84 bits per heavy atom. The molecule has 31 heavy (non-hydrogen) atoms. The van der Waals surface area contributed by atoms with Gasteiger partial charge in [0.05, 0.1) is 19.2 Å². The summed E-state index contributed by atoms with van der Waals surface area (Å²) >= 11 is 0. The quantitative estimate of drug-likeness (QED) is 0.571. The lowest BCUT2D eigenvalue weighted by molar-refractivity contribution is 0.0600. The van der Waals surface area contributed by atoms with E-state index >= 15 is 0 Å². The van der Waals surface area contributed by atoms with Gasteiger partial charge in [-0.1, -0.05) is 6.07 Å². The molecule has 0 aliphatic carbocycles. The number of likely N-dealkylation sites (tertiary alicyclic amines) is 1. The van der Waals surface area contributed by atoms with E-state index in [1.165, 1.54) is 13.2 Å². The number of hydrogen-bond donors (Lipinski definition) is 0. The van der Waals surface area contributed by atoms with Crippen LogP contribution in [0.2, 0.25) is 0 Å². The first-order valence-corrected chi connectivity index (χ1v) is 10.5. The molecule has 4 rings (SSSR count). The largest absolute Gasteiger partial charge is 0.465 e. The fourth-order valence-corrected chi connectivity index (χ4v) is 4.05. The van der Waals surface area contributed by atoms with Crippen LogP contribution >= 0.6 is 0 Å². The molecule has 2 amide bonds. The summed E-state index contributed by atoms with van der Waals surface area (Å²) in [5.74, 6) is -1.14. The number of esters is 1. The highest BCUT2D eigenvalue weighted by Crippen LogP contribution is 2.27. The van der Waals surface area contributed by atoms with E-state index in [0.29, 0.717) is 24.3 Å². The van der Waals surface area contributed by atoms with Crippen molar-refractivity contribution < 1.29 is 18.7 Å². The molecule has 1 aliphatic heterocycles. The van der Waals surface area contributed by atoms with Crippen LogP contribution in [0.4, 0.5) is 14.9 Å². The van der Waals surface area contributed by atoms with Crippen molar-refractivity contribution in [2.24, 2.45) is 7.05 Å². The maximum Gasteiger partial charge on any atom is 0.337 e. The fraction of sp³-hybridized carbons (Fsp3) is 0.333. The third-order valence-corrected chi connectivity index (χ3v) is 5.84. The van der Waals surface area contributed by atoms with Gasteiger partial charge in [0, 0.05) is 48.5 Å². The van der Waals surface area contributed by atoms with E-state index in [4.69, 9.17) is 0 Å². The number of anilines is 1. The molecule has 0 unspecified atom stereocenters. The predicted octanol–water partition coefficient (Wildman–Crippen LogP) is 4.72. The maximum atomic E-state index is 14.8. The first-order valence-electron chi connectivity index (χ1n) is 10.5. The van der Waals surface area contributed by atoms with Gasteiger partial charge >= 0.3 is 12.0 Å². The maximum absolute atomic E-state index is 14.8. The summed E-state index contributed by atoms with van der Waals surface area (Å²) in [4.78, 5) is 28.6. The van der Waals surface area contributed by atoms with Crippen LogP contribution in [0.25, 0.3) is 10.9 Å². The molecule has 162 valence electrons. The molecule has 0 atom stereocenters. The van der Waals surface area contributed by atoms with Crippen molar-refractivity contribution in [1.82, 2.24) is 9.47 Å². The first kappa shape index (κ1) is 20.9. The van der Waals surface area contributed by atoms with Crippen LogP contribution in [0.15, 0.2) is 48.7 Å². The Morgan fingerprint density at radius 3 is 2.55 bits per heavy atom. The lowest BCUT2D eigenvalue weighted by Gasteiger charge is -2.33. The molecular formula is C24H26FN3O3. The first-order chi connectivity index (χ1) is 15.0. The number of rotatable bonds is 4. The molecule has 0 radical (unpaired) electrons. The van der Waals surface area contributed by atoms with Gasteiger partial charge in [0.25, 0.3) is 0 Å². The Kier molecular flexibility index (Phi) is 5.93. The minimum absolute atomic E-state index is 0.0704. The zero-order valence-corrected chi connectivity index (χ0v) is 17.8. The van der Waals surface area contributed by atoms with E-state index in [1.807, 2.05) is 47.0 Å². The van der Waals surface area contributed by atoms with E-state index < -0.39 is 11.8 Å². The van der Waals surface area contributed by atoms with Crippen molar-refractivity contribution in [2.45, 2.75) is 25.8 Å². The van der Waals surface area contributed by atoms with Crippen LogP contribution in [-0.2, 0) is 18.3 Å². The summed E-state index contributed by atoms with van der Waals surface area (Å²) in [6.07, 6.45) is 5.03. The number of carbonyl (C=O) groups excluding carboxylic acids is 2. The van der Waals surface area contributed by atoms with Gasteiger partial charge in [-0.2, -0.15) is 0 Å². The lowest BCUT2D eigenvalue weighted by Crippen LogP contribution is -2.45. The Morgan fingerprint density at radius 1 is 1.06 bits per heavy atom. The number of halogens is 1. The van der Waals surface area contributed by atoms with Crippen molar-refractivity contribution >= 4 is 28.6 Å². The molecule has 2 heterocycles. The zero-order valence-electron chi connectivity index (χ0n) is 17.8. The Hall–Kier alpha value is -3.35. The summed E-state index contributed by atoms with van der Waals surface area (Å²) in [6, 6.07) is 11.9. The average Bonchev–Trinajstić information content (AvgIpc) is 3.17. The minimum Gasteiger partial charge on any atom is -0.465 e. The molecule has 1 aliphatic rings. The van der Waals surface area contributed by atoms with E-state index in [2.05, 4.69) is 4.74 Å². The van der Waals surface area contributed by atoms with Gasteiger partial charge in [-0.05, 0) is 55.7 Å². The number of ether oxygens (including phenoxy) is 1. The average molecular weight is 423 g/mol. The van der Waals surface area contributed by atoms with Gasteiger partial charge < -0.3 is 14.2 Å². The highest BCUT2D eigenvalue weighted by atomic mass is 19.1. The Balaban J connectivity index is 1.69. The summed E-state index contributed by atoms with van der Waals surface area (Å²) in [6.45, 7) is 1.47. The second-order valence-corrected chi connectivity index (χ2v) is 7.88. The number of aromatic nitrogens is 1. The molecule has 1 saturated heterocycles. The number of methoxy groups -OCH3 is 1. The molecular weight excluding hydrogens is 397 g/mol. The SMILES string of the molecule is COC(=O)c1ccc(CN(C(=O)N2CCCCC2)c2ccc3c(ccn3C)c2)c(F)c1. The molecule has 3 aromatic rings. The zero-order chi connectivity index (χ0) is 22.0. The van der Waals surface area contributed by atoms with Crippen molar-refractivity contribution in [1.29, 1.82) is 0 Å². The van der Waals surface area contributed by atoms with Crippen LogP contribution in [0.5, 0.6) is 0 Å². The summed E-state index contributed by atoms with van der Waals surface area (Å²) < 4.78 is 21.5. The number of piperidine rings is 1. The van der Waals surface area contributed by atoms with Gasteiger partial charge in [-0.15, -0.1) is 0 Å². The van der Waals surface area contributed by atoms with E-state index in [-0.39, 0.29) is 18.1 Å². The van der Waals surface area contributed by atoms with Gasteiger partial charge in [-0.25, -0.2) is 14.0 Å². The highest BCUT2D eigenvalue weighted by Gasteiger charge is 2.25. The second-order valence-electron chi connectivity index (χ2n) is 7.88. The minimum atomic E-state index is -0.596. The van der Waals surface area contributed by atoms with Gasteiger partial charge in [-0.3, -0.25) is 4.90 Å². The van der Waals surface area contributed by atoms with Crippen LogP contribution in [0.1, 0.15) is 35.2 Å². The number of aryl methyl sites for hydroxylation is 1. The van der Waals surface area contributed by atoms with Crippen LogP contribution in [0, 0.1) is 5.82 Å². The normalized spacial score (nSPS) is 14.0. The summed E-state index contributed by atoms with van der Waals surface area (Å²) in [7, 11) is 3.23. The third kappa shape index (κ3) is 4.26. The second kappa shape index (κ2) is 8.79. The molecule has 0 N–H and O–H groups in total. The summed E-state index contributed by atoms with van der Waals surface area (Å²) in [5, 5.41) is 1.01. The molecule has 0 spiro atoms. The Bertz CT molecular complexity index is 1120. The molecule has 6 nitrogen and oxygen atoms in total. The van der Waals surface area contributed by atoms with E-state index in [9.17, 15) is 14.0 Å². The number of benzene rings is 2. The van der Waals surface area contributed by atoms with Crippen molar-refractivity contribution in [2.75, 3.05) is 25.1 Å². The monoisotopic (exact) mass is 423 g/mol. The van der Waals surface area contributed by atoms with Crippen LogP contribution in [0.3, 0.4) is 0 Å². The number of carbonyl (C=O) groups is 2. The number of urea groups is 1. The molecule has 1 aromatic heterocycles. The standard InChI is InChI=1S/C24H26FN3O3/c1-26-13-10-17-14-20(8-9-22(17)26)28(24(30)27-11-4-3-5-12-27)16-19-7-6-18(15-21(19)25)23(29)31-2/h6-10,13-15H,3-5,11-12,16H2,1-2H3. The molecule has 0 bridgehead atoms. The van der Waals surface area contributed by atoms with Gasteiger partial charge in [0.2, 0.25) is 0 Å². The van der Waals surface area contributed by atoms with E-state index in [1.54, 1.807) is 11.0 Å². The molecule has 1 fully saturated rings. The number of nitrogens with zero attached hydrogens (tertiary/aromatic N) is 3. The highest BCUT2D eigenvalue weighted by molar-refractivity contribution is 5.95. The van der Waals surface area contributed by atoms with Crippen LogP contribution in [-0.4, -0.2) is 41.7 Å². The van der Waals surface area contributed by atoms with Crippen molar-refractivity contribution in [3.05, 3.63) is 65.6 Å². The third-order valence-electron chi connectivity index (χ3n) is 5.84. The topological polar surface area (TPSA) is 54.8 Å². The predicted molar refractivity (Wildman–Crippen MR) is 118 cm³/mol. The van der Waals surface area contributed by atoms with Crippen molar-refractivity contribution in [3.8, 4) is 0 Å². The smallest absolute Gasteiger partial charge is 0.337 e. The lowest BCUT2D eigenvalue weighted by atomic mass is 10.1. The van der Waals surface area contributed by atoms with Crippen LogP contribution < -0.4 is 4.90 Å². The van der Waals surface area contributed by atoms with Crippen molar-refractivity contribution in [3.63, 3.8) is 0 Å². The number of fused-ring (bicyclic) bond motifs is 1.